The minimum absolute atomic E-state index is 0.184. The van der Waals surface area contributed by atoms with E-state index in [9.17, 15) is 5.11 Å². The predicted octanol–water partition coefficient (Wildman–Crippen LogP) is 1.07. The van der Waals surface area contributed by atoms with Gasteiger partial charge in [0.2, 0.25) is 0 Å². The molecular formula is C13H17NO2. The van der Waals surface area contributed by atoms with Crippen molar-refractivity contribution in [1.82, 2.24) is 5.32 Å². The van der Waals surface area contributed by atoms with Gasteiger partial charge in [-0.05, 0) is 12.0 Å². The van der Waals surface area contributed by atoms with Crippen LogP contribution in [-0.2, 0) is 11.3 Å². The lowest BCUT2D eigenvalue weighted by Crippen LogP contribution is -2.44. The molecule has 1 aliphatic carbocycles. The molecular weight excluding hydrogens is 202 g/mol. The van der Waals surface area contributed by atoms with Crippen LogP contribution >= 0.6 is 0 Å². The molecule has 1 aliphatic heterocycles. The summed E-state index contributed by atoms with van der Waals surface area (Å²) in [5, 5.41) is 13.3. The molecule has 0 amide bonds. The molecule has 3 rings (SSSR count). The first kappa shape index (κ1) is 10.3. The van der Waals surface area contributed by atoms with E-state index >= 15 is 0 Å². The summed E-state index contributed by atoms with van der Waals surface area (Å²) in [5.74, 6) is 0. The third-order valence-corrected chi connectivity index (χ3v) is 3.52. The smallest absolute Gasteiger partial charge is 0.0867 e. The van der Waals surface area contributed by atoms with Crippen LogP contribution in [0.25, 0.3) is 0 Å². The van der Waals surface area contributed by atoms with Crippen LogP contribution in [0.15, 0.2) is 30.3 Å². The molecule has 1 heterocycles. The van der Waals surface area contributed by atoms with Gasteiger partial charge in [0, 0.05) is 19.0 Å². The highest BCUT2D eigenvalue weighted by atomic mass is 16.6. The number of aliphatic hydroxyl groups excluding tert-OH is 1. The summed E-state index contributed by atoms with van der Waals surface area (Å²) in [4.78, 5) is 0. The molecule has 86 valence electrons. The third-order valence-electron chi connectivity index (χ3n) is 3.52. The number of aliphatic hydroxyl groups is 1. The summed E-state index contributed by atoms with van der Waals surface area (Å²) >= 11 is 0. The van der Waals surface area contributed by atoms with Crippen LogP contribution in [0.3, 0.4) is 0 Å². The second-order valence-electron chi connectivity index (χ2n) is 4.72. The average molecular weight is 219 g/mol. The Balaban J connectivity index is 1.54. The van der Waals surface area contributed by atoms with Crippen molar-refractivity contribution < 1.29 is 9.84 Å². The molecule has 3 heteroatoms. The van der Waals surface area contributed by atoms with Crippen LogP contribution in [0, 0.1) is 0 Å². The first-order chi connectivity index (χ1) is 7.83. The van der Waals surface area contributed by atoms with E-state index in [0.29, 0.717) is 12.2 Å². The number of epoxide rings is 1. The van der Waals surface area contributed by atoms with Gasteiger partial charge in [-0.25, -0.2) is 0 Å². The zero-order chi connectivity index (χ0) is 11.0. The average Bonchev–Trinajstić information content (AvgIpc) is 3.05. The molecule has 0 bridgehead atoms. The molecule has 0 radical (unpaired) electrons. The fourth-order valence-corrected chi connectivity index (χ4v) is 2.47. The van der Waals surface area contributed by atoms with Crippen molar-refractivity contribution in [2.45, 2.75) is 43.7 Å². The fourth-order valence-electron chi connectivity index (χ4n) is 2.47. The molecule has 0 aromatic heterocycles. The highest BCUT2D eigenvalue weighted by molar-refractivity contribution is 5.14. The van der Waals surface area contributed by atoms with Gasteiger partial charge in [-0.2, -0.15) is 0 Å². The lowest BCUT2D eigenvalue weighted by Gasteiger charge is -2.26. The molecule has 1 aromatic rings. The number of ether oxygens (including phenoxy) is 1. The van der Waals surface area contributed by atoms with Crippen molar-refractivity contribution in [1.29, 1.82) is 0 Å². The molecule has 1 saturated carbocycles. The van der Waals surface area contributed by atoms with E-state index < -0.39 is 0 Å². The van der Waals surface area contributed by atoms with Crippen molar-refractivity contribution in [3.05, 3.63) is 35.9 Å². The van der Waals surface area contributed by atoms with Crippen LogP contribution in [-0.4, -0.2) is 29.5 Å². The number of fused-ring (bicyclic) bond motifs is 1. The Hall–Kier alpha value is -0.900. The third kappa shape index (κ3) is 2.12. The van der Waals surface area contributed by atoms with E-state index in [1.165, 1.54) is 5.56 Å². The minimum Gasteiger partial charge on any atom is -0.391 e. The van der Waals surface area contributed by atoms with Gasteiger partial charge in [-0.15, -0.1) is 0 Å². The normalized spacial score (nSPS) is 36.8. The minimum atomic E-state index is -0.257. The summed E-state index contributed by atoms with van der Waals surface area (Å²) in [5.41, 5.74) is 1.26. The van der Waals surface area contributed by atoms with Crippen molar-refractivity contribution in [3.63, 3.8) is 0 Å². The number of nitrogens with one attached hydrogen (secondary N) is 1. The van der Waals surface area contributed by atoms with Gasteiger partial charge >= 0.3 is 0 Å². The van der Waals surface area contributed by atoms with Crippen molar-refractivity contribution in [2.75, 3.05) is 0 Å². The molecule has 1 saturated heterocycles. The van der Waals surface area contributed by atoms with Crippen molar-refractivity contribution in [2.24, 2.45) is 0 Å². The van der Waals surface area contributed by atoms with E-state index in [1.807, 2.05) is 18.2 Å². The van der Waals surface area contributed by atoms with Crippen LogP contribution in [0.2, 0.25) is 0 Å². The maximum Gasteiger partial charge on any atom is 0.0867 e. The number of benzene rings is 1. The molecule has 0 unspecified atom stereocenters. The highest BCUT2D eigenvalue weighted by Crippen LogP contribution is 2.36. The Bertz CT molecular complexity index is 354. The second-order valence-corrected chi connectivity index (χ2v) is 4.72. The maximum absolute atomic E-state index is 9.90. The van der Waals surface area contributed by atoms with Gasteiger partial charge in [0.25, 0.3) is 0 Å². The zero-order valence-corrected chi connectivity index (χ0v) is 9.17. The molecule has 1 aromatic carbocycles. The van der Waals surface area contributed by atoms with Gasteiger partial charge in [0.05, 0.1) is 18.3 Å². The largest absolute Gasteiger partial charge is 0.391 e. The van der Waals surface area contributed by atoms with E-state index in [1.54, 1.807) is 0 Å². The Morgan fingerprint density at radius 1 is 1.19 bits per heavy atom. The van der Waals surface area contributed by atoms with E-state index in [-0.39, 0.29) is 12.1 Å². The first-order valence-electron chi connectivity index (χ1n) is 5.94. The van der Waals surface area contributed by atoms with Gasteiger partial charge < -0.3 is 15.2 Å². The summed E-state index contributed by atoms with van der Waals surface area (Å²) in [6.07, 6.45) is 2.21. The van der Waals surface area contributed by atoms with Gasteiger partial charge in [0.1, 0.15) is 0 Å². The lowest BCUT2D eigenvalue weighted by molar-refractivity contribution is 0.100. The van der Waals surface area contributed by atoms with E-state index in [4.69, 9.17) is 4.74 Å². The van der Waals surface area contributed by atoms with Crippen LogP contribution in [0.1, 0.15) is 18.4 Å². The summed E-state index contributed by atoms with van der Waals surface area (Å²) in [6, 6.07) is 10.5. The van der Waals surface area contributed by atoms with Gasteiger partial charge in [-0.3, -0.25) is 0 Å². The standard InChI is InChI=1S/C13H17NO2/c15-11-7-13-12(16-13)6-10(11)14-8-9-4-2-1-3-5-9/h1-5,10-15H,6-8H2/t10-,11-,12+,13-/m0/s1. The Morgan fingerprint density at radius 3 is 2.75 bits per heavy atom. The van der Waals surface area contributed by atoms with Crippen molar-refractivity contribution >= 4 is 0 Å². The molecule has 2 aliphatic rings. The number of rotatable bonds is 3. The number of hydrogen-bond donors (Lipinski definition) is 2. The molecule has 4 atom stereocenters. The Kier molecular flexibility index (Phi) is 2.67. The molecule has 3 nitrogen and oxygen atoms in total. The summed E-state index contributed by atoms with van der Waals surface area (Å²) in [6.45, 7) is 0.819. The summed E-state index contributed by atoms with van der Waals surface area (Å²) < 4.78 is 5.43. The van der Waals surface area contributed by atoms with Crippen LogP contribution in [0.5, 0.6) is 0 Å². The number of hydrogen-bond acceptors (Lipinski definition) is 3. The first-order valence-corrected chi connectivity index (χ1v) is 5.94. The topological polar surface area (TPSA) is 44.8 Å². The van der Waals surface area contributed by atoms with Gasteiger partial charge in [0.15, 0.2) is 0 Å². The van der Waals surface area contributed by atoms with Crippen LogP contribution < -0.4 is 5.32 Å². The lowest BCUT2D eigenvalue weighted by atomic mass is 9.92. The molecule has 16 heavy (non-hydrogen) atoms. The van der Waals surface area contributed by atoms with Crippen LogP contribution in [0.4, 0.5) is 0 Å². The van der Waals surface area contributed by atoms with Crippen molar-refractivity contribution in [3.8, 4) is 0 Å². The Morgan fingerprint density at radius 2 is 1.94 bits per heavy atom. The zero-order valence-electron chi connectivity index (χ0n) is 9.17. The molecule has 2 N–H and O–H groups in total. The highest BCUT2D eigenvalue weighted by Gasteiger charge is 2.47. The monoisotopic (exact) mass is 219 g/mol. The predicted molar refractivity (Wildman–Crippen MR) is 61.0 cm³/mol. The SMILES string of the molecule is O[C@H]1C[C@@H]2O[C@@H]2C[C@@H]1NCc1ccccc1. The molecule has 2 fully saturated rings. The second kappa shape index (κ2) is 4.17. The fraction of sp³-hybridized carbons (Fsp3) is 0.538. The Labute approximate surface area is 95.4 Å². The quantitative estimate of drug-likeness (QED) is 0.747. The summed E-state index contributed by atoms with van der Waals surface area (Å²) in [7, 11) is 0. The van der Waals surface area contributed by atoms with Gasteiger partial charge in [-0.1, -0.05) is 30.3 Å². The van der Waals surface area contributed by atoms with E-state index in [0.717, 1.165) is 19.4 Å². The van der Waals surface area contributed by atoms with E-state index in [2.05, 4.69) is 17.4 Å². The maximum atomic E-state index is 9.90. The molecule has 0 spiro atoms.